The third-order valence-electron chi connectivity index (χ3n) is 1.95. The highest BCUT2D eigenvalue weighted by Crippen LogP contribution is 2.14. The molecule has 0 amide bonds. The fourth-order valence-electron chi connectivity index (χ4n) is 1.19. The molecule has 0 bridgehead atoms. The summed E-state index contributed by atoms with van der Waals surface area (Å²) in [6.45, 7) is 0. The molecule has 4 heteroatoms. The molecule has 0 atom stereocenters. The minimum atomic E-state index is -0.685. The van der Waals surface area contributed by atoms with Crippen molar-refractivity contribution in [1.29, 1.82) is 0 Å². The van der Waals surface area contributed by atoms with E-state index in [1.54, 1.807) is 0 Å². The van der Waals surface area contributed by atoms with Crippen LogP contribution in [-0.2, 0) is 19.1 Å². The largest absolute Gasteiger partial charge is 0.465 e. The van der Waals surface area contributed by atoms with Gasteiger partial charge in [-0.2, -0.15) is 0 Å². The van der Waals surface area contributed by atoms with Gasteiger partial charge in [0, 0.05) is 5.92 Å². The van der Waals surface area contributed by atoms with Crippen molar-refractivity contribution in [2.45, 2.75) is 0 Å². The predicted molar refractivity (Wildman–Crippen MR) is 53.9 cm³/mol. The van der Waals surface area contributed by atoms with Crippen LogP contribution in [0.2, 0.25) is 0 Å². The first-order valence-corrected chi connectivity index (χ1v) is 4.42. The molecule has 0 heterocycles. The summed E-state index contributed by atoms with van der Waals surface area (Å²) in [4.78, 5) is 22.5. The van der Waals surface area contributed by atoms with Gasteiger partial charge < -0.3 is 9.47 Å². The topological polar surface area (TPSA) is 52.6 Å². The van der Waals surface area contributed by atoms with Crippen LogP contribution in [0, 0.1) is 5.92 Å². The third kappa shape index (κ3) is 2.80. The Labute approximate surface area is 87.9 Å². The SMILES string of the molecule is COC(=O)C(=CC1C=CC=C1)C(=O)OC. The van der Waals surface area contributed by atoms with Crippen LogP contribution in [0.1, 0.15) is 0 Å². The van der Waals surface area contributed by atoms with Crippen molar-refractivity contribution in [2.24, 2.45) is 5.92 Å². The van der Waals surface area contributed by atoms with Gasteiger partial charge in [0.15, 0.2) is 0 Å². The summed E-state index contributed by atoms with van der Waals surface area (Å²) < 4.78 is 8.98. The fourth-order valence-corrected chi connectivity index (χ4v) is 1.19. The Hall–Kier alpha value is -1.84. The number of allylic oxidation sites excluding steroid dienone is 5. The number of carbonyl (C=O) groups is 2. The van der Waals surface area contributed by atoms with Crippen molar-refractivity contribution in [3.8, 4) is 0 Å². The van der Waals surface area contributed by atoms with Crippen LogP contribution in [0.5, 0.6) is 0 Å². The predicted octanol–water partition coefficient (Wildman–Crippen LogP) is 1.00. The molecule has 1 aliphatic rings. The van der Waals surface area contributed by atoms with Gasteiger partial charge in [-0.3, -0.25) is 0 Å². The molecule has 0 spiro atoms. The smallest absolute Gasteiger partial charge is 0.344 e. The molecule has 0 aromatic rings. The zero-order valence-corrected chi connectivity index (χ0v) is 8.60. The lowest BCUT2D eigenvalue weighted by molar-refractivity contribution is -0.144. The molecule has 80 valence electrons. The van der Waals surface area contributed by atoms with Gasteiger partial charge >= 0.3 is 11.9 Å². The molecule has 1 rings (SSSR count). The molecule has 0 N–H and O–H groups in total. The first-order chi connectivity index (χ1) is 7.19. The second-order valence-electron chi connectivity index (χ2n) is 2.91. The second-order valence-corrected chi connectivity index (χ2v) is 2.91. The van der Waals surface area contributed by atoms with Crippen LogP contribution in [0.15, 0.2) is 36.0 Å². The van der Waals surface area contributed by atoms with Gasteiger partial charge in [-0.15, -0.1) is 0 Å². The molecule has 0 radical (unpaired) electrons. The Morgan fingerprint density at radius 3 is 1.93 bits per heavy atom. The van der Waals surface area contributed by atoms with Gasteiger partial charge in [-0.1, -0.05) is 30.4 Å². The Balaban J connectivity index is 2.89. The molecular weight excluding hydrogens is 196 g/mol. The molecule has 0 unspecified atom stereocenters. The van der Waals surface area contributed by atoms with Crippen molar-refractivity contribution >= 4 is 11.9 Å². The monoisotopic (exact) mass is 208 g/mol. The minimum absolute atomic E-state index is 0.0572. The lowest BCUT2D eigenvalue weighted by Gasteiger charge is -2.04. The van der Waals surface area contributed by atoms with E-state index in [1.807, 2.05) is 24.3 Å². The summed E-state index contributed by atoms with van der Waals surface area (Å²) in [5.74, 6) is -1.43. The molecular formula is C11H12O4. The first-order valence-electron chi connectivity index (χ1n) is 4.42. The quantitative estimate of drug-likeness (QED) is 0.300. The van der Waals surface area contributed by atoms with E-state index >= 15 is 0 Å². The van der Waals surface area contributed by atoms with E-state index in [0.29, 0.717) is 0 Å². The summed E-state index contributed by atoms with van der Waals surface area (Å²) in [6, 6.07) is 0. The minimum Gasteiger partial charge on any atom is -0.465 e. The number of esters is 2. The van der Waals surface area contributed by atoms with E-state index < -0.39 is 11.9 Å². The zero-order valence-electron chi connectivity index (χ0n) is 8.60. The van der Waals surface area contributed by atoms with Crippen LogP contribution in [-0.4, -0.2) is 26.2 Å². The molecule has 1 aliphatic carbocycles. The van der Waals surface area contributed by atoms with Gasteiger partial charge in [0.25, 0.3) is 0 Å². The molecule has 15 heavy (non-hydrogen) atoms. The molecule has 0 aromatic carbocycles. The first kappa shape index (κ1) is 11.2. The highest BCUT2D eigenvalue weighted by atomic mass is 16.5. The molecule has 0 fully saturated rings. The molecule has 0 aliphatic heterocycles. The highest BCUT2D eigenvalue weighted by molar-refractivity contribution is 6.14. The third-order valence-corrected chi connectivity index (χ3v) is 1.95. The van der Waals surface area contributed by atoms with E-state index in [2.05, 4.69) is 9.47 Å². The average Bonchev–Trinajstić information content (AvgIpc) is 2.76. The maximum absolute atomic E-state index is 11.3. The van der Waals surface area contributed by atoms with Crippen molar-refractivity contribution in [2.75, 3.05) is 14.2 Å². The zero-order chi connectivity index (χ0) is 11.3. The van der Waals surface area contributed by atoms with Crippen molar-refractivity contribution in [3.63, 3.8) is 0 Å². The Bertz CT molecular complexity index is 320. The standard InChI is InChI=1S/C11H12O4/c1-14-10(12)9(11(13)15-2)7-8-5-3-4-6-8/h3-8H,1-2H3. The van der Waals surface area contributed by atoms with E-state index in [1.165, 1.54) is 20.3 Å². The lowest BCUT2D eigenvalue weighted by atomic mass is 10.1. The van der Waals surface area contributed by atoms with Gasteiger partial charge in [0.1, 0.15) is 5.57 Å². The molecule has 4 nitrogen and oxygen atoms in total. The molecule has 0 saturated carbocycles. The van der Waals surface area contributed by atoms with Gasteiger partial charge in [-0.05, 0) is 0 Å². The van der Waals surface area contributed by atoms with Crippen LogP contribution in [0.25, 0.3) is 0 Å². The lowest BCUT2D eigenvalue weighted by Crippen LogP contribution is -2.16. The Morgan fingerprint density at radius 2 is 1.53 bits per heavy atom. The number of ether oxygens (including phenoxy) is 2. The number of hydrogen-bond donors (Lipinski definition) is 0. The number of hydrogen-bond acceptors (Lipinski definition) is 4. The maximum atomic E-state index is 11.3. The number of methoxy groups -OCH3 is 2. The van der Waals surface area contributed by atoms with Crippen LogP contribution in [0.4, 0.5) is 0 Å². The maximum Gasteiger partial charge on any atom is 0.344 e. The van der Waals surface area contributed by atoms with Gasteiger partial charge in [0.2, 0.25) is 0 Å². The summed E-state index contributed by atoms with van der Waals surface area (Å²) >= 11 is 0. The Morgan fingerprint density at radius 1 is 1.07 bits per heavy atom. The fraction of sp³-hybridized carbons (Fsp3) is 0.273. The summed E-state index contributed by atoms with van der Waals surface area (Å²) in [7, 11) is 2.44. The van der Waals surface area contributed by atoms with E-state index in [0.717, 1.165) is 0 Å². The molecule has 0 aromatic heterocycles. The summed E-state index contributed by atoms with van der Waals surface area (Å²) in [6.07, 6.45) is 8.90. The van der Waals surface area contributed by atoms with E-state index in [4.69, 9.17) is 0 Å². The van der Waals surface area contributed by atoms with E-state index in [9.17, 15) is 9.59 Å². The normalized spacial score (nSPS) is 13.7. The van der Waals surface area contributed by atoms with Gasteiger partial charge in [0.05, 0.1) is 14.2 Å². The van der Waals surface area contributed by atoms with Crippen LogP contribution >= 0.6 is 0 Å². The van der Waals surface area contributed by atoms with Crippen molar-refractivity contribution in [3.05, 3.63) is 36.0 Å². The van der Waals surface area contributed by atoms with Crippen molar-refractivity contribution < 1.29 is 19.1 Å². The highest BCUT2D eigenvalue weighted by Gasteiger charge is 2.20. The Kier molecular flexibility index (Phi) is 3.85. The summed E-state index contributed by atoms with van der Waals surface area (Å²) in [5, 5.41) is 0. The van der Waals surface area contributed by atoms with Crippen LogP contribution < -0.4 is 0 Å². The number of carbonyl (C=O) groups excluding carboxylic acids is 2. The van der Waals surface area contributed by atoms with Crippen LogP contribution in [0.3, 0.4) is 0 Å². The van der Waals surface area contributed by atoms with Crippen molar-refractivity contribution in [1.82, 2.24) is 0 Å². The molecule has 0 saturated heterocycles. The van der Waals surface area contributed by atoms with Gasteiger partial charge in [-0.25, -0.2) is 9.59 Å². The number of rotatable bonds is 3. The second kappa shape index (κ2) is 5.14. The average molecular weight is 208 g/mol. The summed E-state index contributed by atoms with van der Waals surface area (Å²) in [5.41, 5.74) is -0.0822. The van der Waals surface area contributed by atoms with E-state index in [-0.39, 0.29) is 11.5 Å².